The number of amides is 1. The number of carbonyl (C=O) groups excluding carboxylic acids is 1. The second-order valence-corrected chi connectivity index (χ2v) is 8.64. The Hall–Kier alpha value is -2.28. The molecule has 5 nitrogen and oxygen atoms in total. The standard InChI is InChI=1S/C22H32F2N4O/c1-15-11-17(22(3,4)5)12-16(2)18(15)7-8-26-20(29)14-27(6)13-19-25-9-10-28(19)21(23)24/h9-12,21H,7-8,13-14H2,1-6H3,(H,26,29). The van der Waals surface area contributed by atoms with Crippen molar-refractivity contribution in [3.05, 3.63) is 52.6 Å². The number of aromatic nitrogens is 2. The largest absolute Gasteiger partial charge is 0.355 e. The molecule has 0 aliphatic rings. The number of rotatable bonds is 8. The van der Waals surface area contributed by atoms with Crippen molar-refractivity contribution < 1.29 is 13.6 Å². The summed E-state index contributed by atoms with van der Waals surface area (Å²) in [5, 5.41) is 2.92. The molecule has 0 saturated carbocycles. The van der Waals surface area contributed by atoms with Gasteiger partial charge in [0.15, 0.2) is 0 Å². The maximum Gasteiger partial charge on any atom is 0.319 e. The lowest BCUT2D eigenvalue weighted by atomic mass is 9.83. The number of aryl methyl sites for hydroxylation is 2. The van der Waals surface area contributed by atoms with Gasteiger partial charge in [0.1, 0.15) is 5.82 Å². The van der Waals surface area contributed by atoms with Gasteiger partial charge in [0.2, 0.25) is 5.91 Å². The molecule has 1 aromatic carbocycles. The zero-order chi connectivity index (χ0) is 21.8. The lowest BCUT2D eigenvalue weighted by Gasteiger charge is -2.22. The molecule has 0 aliphatic carbocycles. The monoisotopic (exact) mass is 406 g/mol. The number of hydrogen-bond donors (Lipinski definition) is 1. The molecule has 2 aromatic rings. The van der Waals surface area contributed by atoms with E-state index < -0.39 is 6.55 Å². The number of likely N-dealkylation sites (N-methyl/N-ethyl adjacent to an activating group) is 1. The van der Waals surface area contributed by atoms with Gasteiger partial charge >= 0.3 is 6.55 Å². The minimum atomic E-state index is -2.63. The first-order valence-electron chi connectivity index (χ1n) is 9.84. The van der Waals surface area contributed by atoms with E-state index in [1.165, 1.54) is 34.6 Å². The Bertz CT molecular complexity index is 817. The van der Waals surface area contributed by atoms with E-state index in [9.17, 15) is 13.6 Å². The van der Waals surface area contributed by atoms with Crippen LogP contribution in [0.5, 0.6) is 0 Å². The third-order valence-corrected chi connectivity index (χ3v) is 5.04. The van der Waals surface area contributed by atoms with Crippen molar-refractivity contribution in [3.8, 4) is 0 Å². The van der Waals surface area contributed by atoms with Crippen LogP contribution >= 0.6 is 0 Å². The summed E-state index contributed by atoms with van der Waals surface area (Å²) >= 11 is 0. The molecule has 1 aromatic heterocycles. The number of benzene rings is 1. The summed E-state index contributed by atoms with van der Waals surface area (Å²) in [6.07, 6.45) is 3.34. The van der Waals surface area contributed by atoms with E-state index in [4.69, 9.17) is 0 Å². The first kappa shape index (κ1) is 23.0. The van der Waals surface area contributed by atoms with Crippen molar-refractivity contribution in [1.29, 1.82) is 0 Å². The molecule has 0 aliphatic heterocycles. The van der Waals surface area contributed by atoms with E-state index in [0.717, 1.165) is 11.0 Å². The predicted octanol–water partition coefficient (Wildman–Crippen LogP) is 3.98. The first-order valence-corrected chi connectivity index (χ1v) is 9.84. The van der Waals surface area contributed by atoms with Crippen LogP contribution in [0.3, 0.4) is 0 Å². The average Bonchev–Trinajstić information content (AvgIpc) is 3.04. The van der Waals surface area contributed by atoms with Gasteiger partial charge in [-0.25, -0.2) is 4.98 Å². The van der Waals surface area contributed by atoms with E-state index in [1.54, 1.807) is 11.9 Å². The molecule has 1 N–H and O–H groups in total. The highest BCUT2D eigenvalue weighted by Gasteiger charge is 2.17. The van der Waals surface area contributed by atoms with Crippen LogP contribution in [-0.2, 0) is 23.2 Å². The topological polar surface area (TPSA) is 50.2 Å². The lowest BCUT2D eigenvalue weighted by Crippen LogP contribution is -2.36. The molecule has 1 amide bonds. The summed E-state index contributed by atoms with van der Waals surface area (Å²) in [5.41, 5.74) is 5.14. The number of hydrogen-bond acceptors (Lipinski definition) is 3. The molecule has 0 fully saturated rings. The normalized spacial score (nSPS) is 12.1. The minimum absolute atomic E-state index is 0.103. The summed E-state index contributed by atoms with van der Waals surface area (Å²) < 4.78 is 26.6. The summed E-state index contributed by atoms with van der Waals surface area (Å²) in [5.74, 6) is 0.102. The van der Waals surface area contributed by atoms with Gasteiger partial charge in [0.25, 0.3) is 0 Å². The van der Waals surface area contributed by atoms with Crippen LogP contribution in [0.4, 0.5) is 8.78 Å². The Labute approximate surface area is 172 Å². The fraction of sp³-hybridized carbons (Fsp3) is 0.545. The van der Waals surface area contributed by atoms with Gasteiger partial charge in [-0.1, -0.05) is 32.9 Å². The van der Waals surface area contributed by atoms with E-state index in [0.29, 0.717) is 6.54 Å². The Kier molecular flexibility index (Phi) is 7.52. The average molecular weight is 407 g/mol. The SMILES string of the molecule is Cc1cc(C(C)(C)C)cc(C)c1CCNC(=O)CN(C)Cc1nccn1C(F)F. The van der Waals surface area contributed by atoms with Gasteiger partial charge < -0.3 is 5.32 Å². The number of halogens is 2. The van der Waals surface area contributed by atoms with Crippen molar-refractivity contribution in [2.24, 2.45) is 0 Å². The molecule has 0 spiro atoms. The van der Waals surface area contributed by atoms with Gasteiger partial charge in [0, 0.05) is 18.9 Å². The van der Waals surface area contributed by atoms with Gasteiger partial charge in [-0.3, -0.25) is 14.3 Å². The summed E-state index contributed by atoms with van der Waals surface area (Å²) in [6, 6.07) is 4.45. The summed E-state index contributed by atoms with van der Waals surface area (Å²) in [4.78, 5) is 17.8. The van der Waals surface area contributed by atoms with Gasteiger partial charge in [-0.2, -0.15) is 8.78 Å². The number of carbonyl (C=O) groups is 1. The van der Waals surface area contributed by atoms with E-state index in [2.05, 4.69) is 57.1 Å². The van der Waals surface area contributed by atoms with Crippen LogP contribution in [0, 0.1) is 13.8 Å². The zero-order valence-electron chi connectivity index (χ0n) is 18.2. The lowest BCUT2D eigenvalue weighted by molar-refractivity contribution is -0.122. The molecular weight excluding hydrogens is 374 g/mol. The van der Waals surface area contributed by atoms with Gasteiger partial charge in [0.05, 0.1) is 13.1 Å². The third kappa shape index (κ3) is 6.35. The second kappa shape index (κ2) is 9.48. The van der Waals surface area contributed by atoms with E-state index in [1.807, 2.05) is 0 Å². The maximum absolute atomic E-state index is 12.9. The van der Waals surface area contributed by atoms with Crippen LogP contribution in [0.15, 0.2) is 24.5 Å². The van der Waals surface area contributed by atoms with Crippen molar-refractivity contribution in [2.75, 3.05) is 20.1 Å². The highest BCUT2D eigenvalue weighted by molar-refractivity contribution is 5.77. The smallest absolute Gasteiger partial charge is 0.319 e. The molecule has 29 heavy (non-hydrogen) atoms. The zero-order valence-corrected chi connectivity index (χ0v) is 18.2. The van der Waals surface area contributed by atoms with Crippen LogP contribution in [0.2, 0.25) is 0 Å². The molecule has 0 unspecified atom stereocenters. The highest BCUT2D eigenvalue weighted by atomic mass is 19.3. The van der Waals surface area contributed by atoms with Crippen molar-refractivity contribution in [1.82, 2.24) is 19.8 Å². The quantitative estimate of drug-likeness (QED) is 0.721. The maximum atomic E-state index is 12.9. The van der Waals surface area contributed by atoms with Crippen molar-refractivity contribution >= 4 is 5.91 Å². The molecular formula is C22H32F2N4O. The number of nitrogens with one attached hydrogen (secondary N) is 1. The van der Waals surface area contributed by atoms with Crippen LogP contribution in [-0.4, -0.2) is 40.5 Å². The molecule has 0 radical (unpaired) electrons. The highest BCUT2D eigenvalue weighted by Crippen LogP contribution is 2.27. The van der Waals surface area contributed by atoms with Crippen molar-refractivity contribution in [2.45, 2.75) is 59.5 Å². The minimum Gasteiger partial charge on any atom is -0.355 e. The molecule has 7 heteroatoms. The third-order valence-electron chi connectivity index (χ3n) is 5.04. The fourth-order valence-corrected chi connectivity index (χ4v) is 3.39. The molecule has 0 saturated heterocycles. The number of imidazole rings is 1. The Balaban J connectivity index is 1.86. The predicted molar refractivity (Wildman–Crippen MR) is 111 cm³/mol. The van der Waals surface area contributed by atoms with Crippen LogP contribution in [0.25, 0.3) is 0 Å². The van der Waals surface area contributed by atoms with E-state index >= 15 is 0 Å². The first-order chi connectivity index (χ1) is 13.5. The Morgan fingerprint density at radius 1 is 1.24 bits per heavy atom. The molecule has 160 valence electrons. The summed E-state index contributed by atoms with van der Waals surface area (Å²) in [7, 11) is 1.71. The van der Waals surface area contributed by atoms with Gasteiger partial charge in [-0.15, -0.1) is 0 Å². The summed E-state index contributed by atoms with van der Waals surface area (Å²) in [6.45, 7) is 9.02. The van der Waals surface area contributed by atoms with Gasteiger partial charge in [-0.05, 0) is 55.0 Å². The van der Waals surface area contributed by atoms with E-state index in [-0.39, 0.29) is 30.2 Å². The Morgan fingerprint density at radius 3 is 2.41 bits per heavy atom. The molecule has 0 atom stereocenters. The molecule has 2 rings (SSSR count). The number of nitrogens with zero attached hydrogens (tertiary/aromatic N) is 3. The van der Waals surface area contributed by atoms with Crippen LogP contribution < -0.4 is 5.32 Å². The number of alkyl halides is 2. The van der Waals surface area contributed by atoms with Crippen LogP contribution in [0.1, 0.15) is 55.4 Å². The van der Waals surface area contributed by atoms with Crippen molar-refractivity contribution in [3.63, 3.8) is 0 Å². The Morgan fingerprint density at radius 2 is 1.86 bits per heavy atom. The second-order valence-electron chi connectivity index (χ2n) is 8.64. The molecule has 0 bridgehead atoms. The molecule has 1 heterocycles. The fourth-order valence-electron chi connectivity index (χ4n) is 3.39.